The summed E-state index contributed by atoms with van der Waals surface area (Å²) in [4.78, 5) is 0. The van der Waals surface area contributed by atoms with Gasteiger partial charge in [0.25, 0.3) is 0 Å². The molecule has 0 atom stereocenters. The predicted molar refractivity (Wildman–Crippen MR) is 57.9 cm³/mol. The fraction of sp³-hybridized carbons (Fsp3) is 1.00. The lowest BCUT2D eigenvalue weighted by Gasteiger charge is -2.24. The molecular weight excluding hydrogens is 166 g/mol. The summed E-state index contributed by atoms with van der Waals surface area (Å²) >= 11 is 2.12. The van der Waals surface area contributed by atoms with Gasteiger partial charge in [-0.3, -0.25) is 0 Å². The Kier molecular flexibility index (Phi) is 3.11. The first kappa shape index (κ1) is 10.4. The van der Waals surface area contributed by atoms with Crippen molar-refractivity contribution in [2.75, 3.05) is 12.3 Å². The monoisotopic (exact) mass is 187 g/mol. The summed E-state index contributed by atoms with van der Waals surface area (Å²) in [5.41, 5.74) is 0.282. The van der Waals surface area contributed by atoms with E-state index in [-0.39, 0.29) is 5.54 Å². The Morgan fingerprint density at radius 1 is 1.33 bits per heavy atom. The minimum absolute atomic E-state index is 0.282. The molecule has 0 spiro atoms. The molecule has 1 rings (SSSR count). The van der Waals surface area contributed by atoms with E-state index in [0.717, 1.165) is 0 Å². The maximum Gasteiger partial charge on any atom is 0.0285 e. The van der Waals surface area contributed by atoms with Crippen molar-refractivity contribution in [3.05, 3.63) is 0 Å². The first-order valence-corrected chi connectivity index (χ1v) is 5.85. The highest BCUT2D eigenvalue weighted by Crippen LogP contribution is 2.47. The molecule has 0 bridgehead atoms. The molecule has 0 aromatic heterocycles. The van der Waals surface area contributed by atoms with Gasteiger partial charge in [-0.2, -0.15) is 11.8 Å². The lowest BCUT2D eigenvalue weighted by atomic mass is 10.1. The predicted octanol–water partition coefficient (Wildman–Crippen LogP) is 2.66. The molecule has 0 saturated heterocycles. The van der Waals surface area contributed by atoms with Crippen molar-refractivity contribution in [3.8, 4) is 0 Å². The van der Waals surface area contributed by atoms with Gasteiger partial charge in [0.05, 0.1) is 0 Å². The van der Waals surface area contributed by atoms with Crippen LogP contribution < -0.4 is 5.32 Å². The molecule has 72 valence electrons. The van der Waals surface area contributed by atoms with Gasteiger partial charge in [0.15, 0.2) is 0 Å². The number of hydrogen-bond acceptors (Lipinski definition) is 2. The van der Waals surface area contributed by atoms with Gasteiger partial charge in [-0.05, 0) is 39.4 Å². The van der Waals surface area contributed by atoms with E-state index in [2.05, 4.69) is 44.8 Å². The van der Waals surface area contributed by atoms with Crippen LogP contribution in [0.5, 0.6) is 0 Å². The van der Waals surface area contributed by atoms with Crippen molar-refractivity contribution in [3.63, 3.8) is 0 Å². The van der Waals surface area contributed by atoms with Crippen LogP contribution in [0.2, 0.25) is 0 Å². The standard InChI is InChI=1S/C10H21NS/c1-5-12-10(6-7-10)8-11-9(2,3)4/h11H,5-8H2,1-4H3. The minimum Gasteiger partial charge on any atom is -0.311 e. The van der Waals surface area contributed by atoms with Crippen molar-refractivity contribution < 1.29 is 0 Å². The van der Waals surface area contributed by atoms with Gasteiger partial charge >= 0.3 is 0 Å². The van der Waals surface area contributed by atoms with E-state index >= 15 is 0 Å². The SMILES string of the molecule is CCSC1(CNC(C)(C)C)CC1. The van der Waals surface area contributed by atoms with Crippen LogP contribution in [-0.2, 0) is 0 Å². The van der Waals surface area contributed by atoms with E-state index in [0.29, 0.717) is 4.75 Å². The van der Waals surface area contributed by atoms with Gasteiger partial charge in [0, 0.05) is 16.8 Å². The first-order chi connectivity index (χ1) is 5.47. The van der Waals surface area contributed by atoms with E-state index in [1.54, 1.807) is 0 Å². The molecule has 0 heterocycles. The highest BCUT2D eigenvalue weighted by Gasteiger charge is 2.42. The second-order valence-electron chi connectivity index (χ2n) is 4.72. The Morgan fingerprint density at radius 2 is 1.92 bits per heavy atom. The smallest absolute Gasteiger partial charge is 0.0285 e. The minimum atomic E-state index is 0.282. The van der Waals surface area contributed by atoms with Crippen molar-refractivity contribution in [2.24, 2.45) is 0 Å². The van der Waals surface area contributed by atoms with Crippen LogP contribution in [0.15, 0.2) is 0 Å². The molecule has 0 aromatic rings. The molecule has 1 fully saturated rings. The van der Waals surface area contributed by atoms with E-state index in [4.69, 9.17) is 0 Å². The molecule has 0 amide bonds. The number of thioether (sulfide) groups is 1. The molecule has 12 heavy (non-hydrogen) atoms. The second kappa shape index (κ2) is 3.59. The Bertz CT molecular complexity index is 144. The fourth-order valence-electron chi connectivity index (χ4n) is 1.24. The lowest BCUT2D eigenvalue weighted by Crippen LogP contribution is -2.40. The molecule has 1 aliphatic carbocycles. The topological polar surface area (TPSA) is 12.0 Å². The van der Waals surface area contributed by atoms with Crippen molar-refractivity contribution in [1.29, 1.82) is 0 Å². The molecule has 1 N–H and O–H groups in total. The Labute approximate surface area is 80.7 Å². The zero-order valence-electron chi connectivity index (χ0n) is 8.74. The quantitative estimate of drug-likeness (QED) is 0.726. The number of nitrogens with one attached hydrogen (secondary N) is 1. The first-order valence-electron chi connectivity index (χ1n) is 4.86. The molecule has 0 aliphatic heterocycles. The molecule has 0 aromatic carbocycles. The maximum atomic E-state index is 3.59. The highest BCUT2D eigenvalue weighted by molar-refractivity contribution is 8.00. The molecule has 0 unspecified atom stereocenters. The summed E-state index contributed by atoms with van der Waals surface area (Å²) < 4.78 is 0.613. The van der Waals surface area contributed by atoms with Crippen LogP contribution in [0.3, 0.4) is 0 Å². The van der Waals surface area contributed by atoms with E-state index in [1.807, 2.05) is 0 Å². The van der Waals surface area contributed by atoms with E-state index in [1.165, 1.54) is 25.1 Å². The Hall–Kier alpha value is 0.310. The highest BCUT2D eigenvalue weighted by atomic mass is 32.2. The molecule has 1 saturated carbocycles. The van der Waals surface area contributed by atoms with Crippen LogP contribution in [0, 0.1) is 0 Å². The van der Waals surface area contributed by atoms with Gasteiger partial charge in [-0.25, -0.2) is 0 Å². The van der Waals surface area contributed by atoms with Crippen molar-refractivity contribution >= 4 is 11.8 Å². The third kappa shape index (κ3) is 3.36. The third-order valence-electron chi connectivity index (χ3n) is 2.20. The van der Waals surface area contributed by atoms with Crippen LogP contribution in [0.4, 0.5) is 0 Å². The summed E-state index contributed by atoms with van der Waals surface area (Å²) in [5.74, 6) is 1.26. The maximum absolute atomic E-state index is 3.59. The van der Waals surface area contributed by atoms with Crippen LogP contribution >= 0.6 is 11.8 Å². The van der Waals surface area contributed by atoms with Gasteiger partial charge in [0.1, 0.15) is 0 Å². The largest absolute Gasteiger partial charge is 0.311 e. The molecule has 1 aliphatic rings. The lowest BCUT2D eigenvalue weighted by molar-refractivity contribution is 0.423. The van der Waals surface area contributed by atoms with Gasteiger partial charge in [0.2, 0.25) is 0 Å². The normalized spacial score (nSPS) is 21.0. The summed E-state index contributed by atoms with van der Waals surface area (Å²) in [7, 11) is 0. The average Bonchev–Trinajstić information content (AvgIpc) is 2.65. The van der Waals surface area contributed by atoms with Crippen molar-refractivity contribution in [1.82, 2.24) is 5.32 Å². The Balaban J connectivity index is 2.22. The van der Waals surface area contributed by atoms with E-state index in [9.17, 15) is 0 Å². The van der Waals surface area contributed by atoms with Crippen molar-refractivity contribution in [2.45, 2.75) is 50.8 Å². The van der Waals surface area contributed by atoms with Gasteiger partial charge in [-0.1, -0.05) is 6.92 Å². The Morgan fingerprint density at radius 3 is 2.25 bits per heavy atom. The number of rotatable bonds is 4. The second-order valence-corrected chi connectivity index (χ2v) is 6.45. The van der Waals surface area contributed by atoms with Crippen LogP contribution in [-0.4, -0.2) is 22.6 Å². The molecule has 1 nitrogen and oxygen atoms in total. The average molecular weight is 187 g/mol. The third-order valence-corrected chi connectivity index (χ3v) is 3.65. The summed E-state index contributed by atoms with van der Waals surface area (Å²) in [6.07, 6.45) is 2.82. The summed E-state index contributed by atoms with van der Waals surface area (Å²) in [5, 5.41) is 3.59. The number of hydrogen-bond donors (Lipinski definition) is 1. The van der Waals surface area contributed by atoms with Crippen LogP contribution in [0.1, 0.15) is 40.5 Å². The molecule has 2 heteroatoms. The van der Waals surface area contributed by atoms with Gasteiger partial charge < -0.3 is 5.32 Å². The zero-order valence-corrected chi connectivity index (χ0v) is 9.55. The van der Waals surface area contributed by atoms with Crippen LogP contribution in [0.25, 0.3) is 0 Å². The fourth-order valence-corrected chi connectivity index (χ4v) is 2.42. The van der Waals surface area contributed by atoms with Gasteiger partial charge in [-0.15, -0.1) is 0 Å². The summed E-state index contributed by atoms with van der Waals surface area (Å²) in [6, 6.07) is 0. The molecular formula is C10H21NS. The van der Waals surface area contributed by atoms with E-state index < -0.39 is 0 Å². The summed E-state index contributed by atoms with van der Waals surface area (Å²) in [6.45, 7) is 10.1. The zero-order chi connectivity index (χ0) is 9.24. The molecule has 0 radical (unpaired) electrons.